The Hall–Kier alpha value is -4.92. The lowest BCUT2D eigenvalue weighted by Crippen LogP contribution is -2.09. The van der Waals surface area contributed by atoms with Crippen LogP contribution in [0.15, 0.2) is 67.1 Å². The summed E-state index contributed by atoms with van der Waals surface area (Å²) >= 11 is 0. The zero-order valence-electron chi connectivity index (χ0n) is 20.1. The number of nitrogens with zero attached hydrogens (tertiary/aromatic N) is 4. The van der Waals surface area contributed by atoms with Crippen LogP contribution in [0, 0.1) is 12.7 Å². The van der Waals surface area contributed by atoms with E-state index < -0.39 is 0 Å². The van der Waals surface area contributed by atoms with E-state index in [9.17, 15) is 9.18 Å². The highest BCUT2D eigenvalue weighted by Gasteiger charge is 2.17. The number of aryl methyl sites for hydroxylation is 1. The Morgan fingerprint density at radius 3 is 2.76 bits per heavy atom. The molecular weight excluding hydrogens is 469 g/mol. The number of anilines is 1. The SMILES string of the molecule is CCC(=O)Nc1cncc(-c2cc3c(-c4nc5c(-c6cc(C)cc(F)c6)cccc5[nH]4)n[nH]c3cn2)c1. The first-order valence-corrected chi connectivity index (χ1v) is 11.8. The van der Waals surface area contributed by atoms with Crippen LogP contribution in [0.5, 0.6) is 0 Å². The summed E-state index contributed by atoms with van der Waals surface area (Å²) in [6.45, 7) is 3.66. The van der Waals surface area contributed by atoms with Crippen molar-refractivity contribution in [1.82, 2.24) is 30.1 Å². The lowest BCUT2D eigenvalue weighted by molar-refractivity contribution is -0.115. The Labute approximate surface area is 211 Å². The number of hydrogen-bond acceptors (Lipinski definition) is 5. The summed E-state index contributed by atoms with van der Waals surface area (Å²) in [6.07, 6.45) is 5.39. The minimum Gasteiger partial charge on any atom is -0.337 e. The van der Waals surface area contributed by atoms with Gasteiger partial charge in [-0.25, -0.2) is 9.37 Å². The van der Waals surface area contributed by atoms with Crippen LogP contribution in [0.25, 0.3) is 55.8 Å². The number of rotatable bonds is 5. The van der Waals surface area contributed by atoms with E-state index in [1.165, 1.54) is 12.1 Å². The molecule has 4 heterocycles. The number of halogens is 1. The summed E-state index contributed by atoms with van der Waals surface area (Å²) in [4.78, 5) is 28.8. The largest absolute Gasteiger partial charge is 0.337 e. The number of hydrogen-bond donors (Lipinski definition) is 3. The van der Waals surface area contributed by atoms with Gasteiger partial charge in [0.15, 0.2) is 5.82 Å². The minimum absolute atomic E-state index is 0.0860. The van der Waals surface area contributed by atoms with Gasteiger partial charge in [-0.05, 0) is 48.4 Å². The van der Waals surface area contributed by atoms with Crippen LogP contribution in [0.4, 0.5) is 10.1 Å². The molecule has 0 saturated heterocycles. The number of nitrogens with one attached hydrogen (secondary N) is 3. The number of aromatic nitrogens is 6. The zero-order valence-corrected chi connectivity index (χ0v) is 20.1. The first kappa shape index (κ1) is 22.5. The number of para-hydroxylation sites is 1. The zero-order chi connectivity index (χ0) is 25.5. The van der Waals surface area contributed by atoms with Crippen LogP contribution in [0.2, 0.25) is 0 Å². The molecule has 0 atom stereocenters. The fourth-order valence-corrected chi connectivity index (χ4v) is 4.42. The summed E-state index contributed by atoms with van der Waals surface area (Å²) in [5.74, 6) is 0.215. The van der Waals surface area contributed by atoms with Gasteiger partial charge < -0.3 is 10.3 Å². The molecule has 0 aliphatic rings. The second-order valence-electron chi connectivity index (χ2n) is 8.86. The molecule has 0 saturated carbocycles. The second-order valence-corrected chi connectivity index (χ2v) is 8.86. The molecule has 0 spiro atoms. The third-order valence-corrected chi connectivity index (χ3v) is 6.18. The molecule has 3 N–H and O–H groups in total. The second kappa shape index (κ2) is 8.94. The standard InChI is InChI=1S/C28H22FN7O/c1-3-25(37)32-19-10-17(12-30-13-19)23-11-21-24(14-31-23)35-36-27(21)28-33-22-6-4-5-20(26(22)34-28)16-7-15(2)8-18(29)9-16/h4-14H,3H2,1-2H3,(H,32,37)(H,33,34)(H,35,36). The number of benzene rings is 2. The fourth-order valence-electron chi connectivity index (χ4n) is 4.42. The monoisotopic (exact) mass is 491 g/mol. The molecule has 4 aromatic heterocycles. The summed E-state index contributed by atoms with van der Waals surface area (Å²) in [5.41, 5.74) is 7.44. The van der Waals surface area contributed by atoms with E-state index in [0.717, 1.165) is 44.2 Å². The van der Waals surface area contributed by atoms with Crippen molar-refractivity contribution in [2.75, 3.05) is 5.32 Å². The lowest BCUT2D eigenvalue weighted by Gasteiger charge is -2.06. The Morgan fingerprint density at radius 2 is 1.92 bits per heavy atom. The van der Waals surface area contributed by atoms with Crippen LogP contribution < -0.4 is 5.32 Å². The van der Waals surface area contributed by atoms with Crippen molar-refractivity contribution < 1.29 is 9.18 Å². The molecule has 182 valence electrons. The third kappa shape index (κ3) is 4.20. The van der Waals surface area contributed by atoms with Crippen molar-refractivity contribution in [3.05, 3.63) is 78.5 Å². The van der Waals surface area contributed by atoms with Gasteiger partial charge in [0.05, 0.1) is 40.3 Å². The lowest BCUT2D eigenvalue weighted by atomic mass is 10.0. The van der Waals surface area contributed by atoms with E-state index in [-0.39, 0.29) is 11.7 Å². The summed E-state index contributed by atoms with van der Waals surface area (Å²) in [6, 6.07) is 14.5. The van der Waals surface area contributed by atoms with Gasteiger partial charge in [-0.1, -0.05) is 25.1 Å². The highest BCUT2D eigenvalue weighted by atomic mass is 19.1. The van der Waals surface area contributed by atoms with Gasteiger partial charge in [0, 0.05) is 29.1 Å². The minimum atomic E-state index is -0.283. The number of imidazole rings is 1. The highest BCUT2D eigenvalue weighted by Crippen LogP contribution is 2.33. The Morgan fingerprint density at radius 1 is 1.03 bits per heavy atom. The average molecular weight is 492 g/mol. The van der Waals surface area contributed by atoms with Gasteiger partial charge in [0.2, 0.25) is 5.91 Å². The van der Waals surface area contributed by atoms with Crippen molar-refractivity contribution in [1.29, 1.82) is 0 Å². The number of carbonyl (C=O) groups is 1. The number of carbonyl (C=O) groups excluding carboxylic acids is 1. The molecule has 8 nitrogen and oxygen atoms in total. The molecule has 0 aliphatic carbocycles. The van der Waals surface area contributed by atoms with Crippen molar-refractivity contribution in [3.8, 4) is 33.9 Å². The molecule has 0 fully saturated rings. The third-order valence-electron chi connectivity index (χ3n) is 6.18. The van der Waals surface area contributed by atoms with Gasteiger partial charge >= 0.3 is 0 Å². The van der Waals surface area contributed by atoms with E-state index in [0.29, 0.717) is 29.3 Å². The van der Waals surface area contributed by atoms with Gasteiger partial charge in [-0.15, -0.1) is 0 Å². The van der Waals surface area contributed by atoms with Gasteiger partial charge in [0.1, 0.15) is 11.5 Å². The van der Waals surface area contributed by atoms with Crippen molar-refractivity contribution in [2.45, 2.75) is 20.3 Å². The van der Waals surface area contributed by atoms with Crippen LogP contribution in [0.1, 0.15) is 18.9 Å². The molecule has 9 heteroatoms. The average Bonchev–Trinajstić information content (AvgIpc) is 3.51. The number of pyridine rings is 2. The highest BCUT2D eigenvalue weighted by molar-refractivity contribution is 5.98. The van der Waals surface area contributed by atoms with E-state index >= 15 is 0 Å². The van der Waals surface area contributed by atoms with Gasteiger partial charge in [-0.2, -0.15) is 5.10 Å². The Kier molecular flexibility index (Phi) is 5.45. The maximum Gasteiger partial charge on any atom is 0.224 e. The Bertz CT molecular complexity index is 1780. The molecule has 6 rings (SSSR count). The molecule has 2 aromatic carbocycles. The quantitative estimate of drug-likeness (QED) is 0.273. The maximum atomic E-state index is 14.1. The summed E-state index contributed by atoms with van der Waals surface area (Å²) < 4.78 is 14.1. The van der Waals surface area contributed by atoms with E-state index in [4.69, 9.17) is 4.98 Å². The summed E-state index contributed by atoms with van der Waals surface area (Å²) in [7, 11) is 0. The van der Waals surface area contributed by atoms with Crippen molar-refractivity contribution in [3.63, 3.8) is 0 Å². The van der Waals surface area contributed by atoms with Crippen LogP contribution >= 0.6 is 0 Å². The molecule has 6 aromatic rings. The predicted octanol–water partition coefficient (Wildman–Crippen LogP) is 6.03. The normalized spacial score (nSPS) is 11.3. The number of fused-ring (bicyclic) bond motifs is 2. The molecule has 37 heavy (non-hydrogen) atoms. The molecule has 0 radical (unpaired) electrons. The van der Waals surface area contributed by atoms with E-state index in [1.54, 1.807) is 25.5 Å². The van der Waals surface area contributed by atoms with Crippen LogP contribution in [0.3, 0.4) is 0 Å². The smallest absolute Gasteiger partial charge is 0.224 e. The van der Waals surface area contributed by atoms with E-state index in [2.05, 4.69) is 30.5 Å². The van der Waals surface area contributed by atoms with Gasteiger partial charge in [-0.3, -0.25) is 19.9 Å². The molecule has 0 aliphatic heterocycles. The van der Waals surface area contributed by atoms with Crippen molar-refractivity contribution >= 4 is 33.5 Å². The van der Waals surface area contributed by atoms with Crippen molar-refractivity contribution in [2.24, 2.45) is 0 Å². The molecular formula is C28H22FN7O. The number of H-pyrrole nitrogens is 2. The number of amides is 1. The fraction of sp³-hybridized carbons (Fsp3) is 0.107. The van der Waals surface area contributed by atoms with Crippen LogP contribution in [-0.4, -0.2) is 36.0 Å². The van der Waals surface area contributed by atoms with Gasteiger partial charge in [0.25, 0.3) is 0 Å². The first-order valence-electron chi connectivity index (χ1n) is 11.8. The number of aromatic amines is 2. The molecule has 1 amide bonds. The molecule has 0 bridgehead atoms. The Balaban J connectivity index is 1.43. The predicted molar refractivity (Wildman–Crippen MR) is 141 cm³/mol. The first-order chi connectivity index (χ1) is 18.0. The summed E-state index contributed by atoms with van der Waals surface area (Å²) in [5, 5.41) is 11.2. The maximum absolute atomic E-state index is 14.1. The van der Waals surface area contributed by atoms with E-state index in [1.807, 2.05) is 43.3 Å². The topological polar surface area (TPSA) is 112 Å². The molecule has 0 unspecified atom stereocenters. The van der Waals surface area contributed by atoms with Crippen LogP contribution in [-0.2, 0) is 4.79 Å².